The van der Waals surface area contributed by atoms with Crippen LogP contribution in [0.15, 0.2) is 141 Å². The van der Waals surface area contributed by atoms with Crippen LogP contribution in [-0.2, 0) is 27.7 Å². The molecule has 0 saturated heterocycles. The van der Waals surface area contributed by atoms with Crippen LogP contribution in [0.2, 0.25) is 0 Å². The molecule has 0 aliphatic heterocycles. The van der Waals surface area contributed by atoms with Gasteiger partial charge in [-0.15, -0.1) is 0 Å². The van der Waals surface area contributed by atoms with Crippen LogP contribution in [0.1, 0.15) is 34.9 Å². The van der Waals surface area contributed by atoms with E-state index < -0.39 is 21.3 Å². The second kappa shape index (κ2) is 12.2. The molecule has 1 heterocycles. The smallest absolute Gasteiger partial charge is 1.00 e. The van der Waals surface area contributed by atoms with Crippen molar-refractivity contribution in [2.24, 2.45) is 5.92 Å². The van der Waals surface area contributed by atoms with E-state index in [1.165, 1.54) is 39.0 Å². The SMILES string of the molecule is CC1C=C(c2ccco2)C=[C]1[Zr+2](=[C](c1ccccc1)c1ccccc1)[c]1cccc2c1Cc1ccccc1-2.[Cl-].[Cl-]. The van der Waals surface area contributed by atoms with Crippen LogP contribution >= 0.6 is 0 Å². The fourth-order valence-corrected chi connectivity index (χ4v) is 14.5. The van der Waals surface area contributed by atoms with Crippen molar-refractivity contribution in [2.75, 3.05) is 0 Å². The molecule has 0 bridgehead atoms. The summed E-state index contributed by atoms with van der Waals surface area (Å²) in [6, 6.07) is 42.3. The number of allylic oxidation sites excluding steroid dienone is 4. The topological polar surface area (TPSA) is 13.1 Å². The first-order chi connectivity index (χ1) is 18.8. The normalized spacial score (nSPS) is 14.4. The molecular formula is C36H28Cl2OZr. The molecular weight excluding hydrogens is 611 g/mol. The first-order valence-electron chi connectivity index (χ1n) is 13.3. The van der Waals surface area contributed by atoms with Gasteiger partial charge >= 0.3 is 233 Å². The maximum Gasteiger partial charge on any atom is -1.00 e. The van der Waals surface area contributed by atoms with Crippen molar-refractivity contribution in [1.82, 2.24) is 0 Å². The summed E-state index contributed by atoms with van der Waals surface area (Å²) in [5, 5.41) is 0. The van der Waals surface area contributed by atoms with Crippen LogP contribution < -0.4 is 28.1 Å². The summed E-state index contributed by atoms with van der Waals surface area (Å²) >= 11 is -2.74. The molecule has 1 unspecified atom stereocenters. The fourth-order valence-electron chi connectivity index (χ4n) is 6.09. The summed E-state index contributed by atoms with van der Waals surface area (Å²) in [4.78, 5) is 0. The molecule has 7 rings (SSSR count). The molecule has 2 aliphatic carbocycles. The summed E-state index contributed by atoms with van der Waals surface area (Å²) in [5.74, 6) is 1.33. The second-order valence-electron chi connectivity index (χ2n) is 10.1. The molecule has 0 spiro atoms. The molecule has 1 aromatic heterocycles. The molecule has 196 valence electrons. The van der Waals surface area contributed by atoms with Crippen LogP contribution in [0, 0.1) is 5.92 Å². The summed E-state index contributed by atoms with van der Waals surface area (Å²) in [5.41, 5.74) is 9.71. The fraction of sp³-hybridized carbons (Fsp3) is 0.0833. The Bertz CT molecular complexity index is 1690. The van der Waals surface area contributed by atoms with Crippen LogP contribution in [-0.4, -0.2) is 3.21 Å². The number of rotatable bonds is 5. The van der Waals surface area contributed by atoms with Crippen molar-refractivity contribution in [3.8, 4) is 11.1 Å². The number of benzene rings is 4. The van der Waals surface area contributed by atoms with E-state index in [0.717, 1.165) is 12.2 Å². The third-order valence-corrected chi connectivity index (χ3v) is 15.8. The standard InChI is InChI=1S/C13H9.C13H10.C10H9O.2ClH.Zr/c1-3-7-12-10(5-1)9-11-6-2-4-8-13(11)12;1-3-7-12(8-4-1)11-13-9-5-2-6-10-13;1-8-4-5-9(7-8)10-3-2-6-11-10;;;/h1-5,7-8H,9H2;1-10H;2-3,5-8H,1H3;2*1H;/q;;;;;+2/p-2. The Kier molecular flexibility index (Phi) is 8.72. The third kappa shape index (κ3) is 5.10. The van der Waals surface area contributed by atoms with E-state index >= 15 is 0 Å². The number of hydrogen-bond acceptors (Lipinski definition) is 1. The van der Waals surface area contributed by atoms with Gasteiger partial charge in [-0.05, 0) is 0 Å². The number of hydrogen-bond donors (Lipinski definition) is 0. The second-order valence-corrected chi connectivity index (χ2v) is 16.0. The maximum atomic E-state index is 5.85. The van der Waals surface area contributed by atoms with Crippen molar-refractivity contribution in [3.63, 3.8) is 0 Å². The Morgan fingerprint density at radius 2 is 1.35 bits per heavy atom. The first kappa shape index (κ1) is 28.5. The molecule has 4 heteroatoms. The molecule has 0 saturated carbocycles. The van der Waals surface area contributed by atoms with Gasteiger partial charge in [0.2, 0.25) is 0 Å². The monoisotopic (exact) mass is 636 g/mol. The molecule has 1 atom stereocenters. The zero-order valence-electron chi connectivity index (χ0n) is 22.2. The molecule has 40 heavy (non-hydrogen) atoms. The van der Waals surface area contributed by atoms with Gasteiger partial charge in [0.15, 0.2) is 0 Å². The zero-order valence-corrected chi connectivity index (χ0v) is 26.1. The van der Waals surface area contributed by atoms with Gasteiger partial charge < -0.3 is 24.8 Å². The number of furan rings is 1. The number of fused-ring (bicyclic) bond motifs is 3. The summed E-state index contributed by atoms with van der Waals surface area (Å²) in [7, 11) is 0. The molecule has 2 aliphatic rings. The Balaban J connectivity index is 0.00000161. The van der Waals surface area contributed by atoms with E-state index in [2.05, 4.69) is 128 Å². The first-order valence-corrected chi connectivity index (χ1v) is 17.0. The Labute approximate surface area is 256 Å². The van der Waals surface area contributed by atoms with E-state index in [4.69, 9.17) is 4.42 Å². The minimum atomic E-state index is -2.74. The zero-order chi connectivity index (χ0) is 25.5. The molecule has 0 fully saturated rings. The van der Waals surface area contributed by atoms with E-state index in [1.807, 2.05) is 6.07 Å². The Hall–Kier alpha value is -3.03. The van der Waals surface area contributed by atoms with Crippen molar-refractivity contribution in [2.45, 2.75) is 13.3 Å². The van der Waals surface area contributed by atoms with Crippen molar-refractivity contribution in [3.05, 3.63) is 165 Å². The van der Waals surface area contributed by atoms with Gasteiger partial charge in [0.25, 0.3) is 0 Å². The van der Waals surface area contributed by atoms with Gasteiger partial charge in [-0.2, -0.15) is 0 Å². The van der Waals surface area contributed by atoms with E-state index in [1.54, 1.807) is 16.0 Å². The van der Waals surface area contributed by atoms with E-state index in [-0.39, 0.29) is 24.8 Å². The summed E-state index contributed by atoms with van der Waals surface area (Å²) < 4.78 is 10.6. The summed E-state index contributed by atoms with van der Waals surface area (Å²) in [6.45, 7) is 2.37. The van der Waals surface area contributed by atoms with Crippen molar-refractivity contribution < 1.29 is 50.5 Å². The van der Waals surface area contributed by atoms with Crippen LogP contribution in [0.5, 0.6) is 0 Å². The quantitative estimate of drug-likeness (QED) is 0.282. The van der Waals surface area contributed by atoms with Crippen LogP contribution in [0.25, 0.3) is 16.7 Å². The molecule has 0 radical (unpaired) electrons. The van der Waals surface area contributed by atoms with Gasteiger partial charge in [0, 0.05) is 0 Å². The molecule has 0 N–H and O–H groups in total. The predicted octanol–water partition coefficient (Wildman–Crippen LogP) is 1.99. The van der Waals surface area contributed by atoms with E-state index in [0.29, 0.717) is 5.92 Å². The Morgan fingerprint density at radius 1 is 0.700 bits per heavy atom. The van der Waals surface area contributed by atoms with Gasteiger partial charge in [-0.3, -0.25) is 0 Å². The molecule has 1 nitrogen and oxygen atoms in total. The van der Waals surface area contributed by atoms with Crippen molar-refractivity contribution in [1.29, 1.82) is 0 Å². The van der Waals surface area contributed by atoms with Gasteiger partial charge in [-0.1, -0.05) is 0 Å². The summed E-state index contributed by atoms with van der Waals surface area (Å²) in [6.07, 6.45) is 7.66. The van der Waals surface area contributed by atoms with Gasteiger partial charge in [-0.25, -0.2) is 0 Å². The number of halogens is 2. The van der Waals surface area contributed by atoms with Crippen molar-refractivity contribution >= 4 is 12.1 Å². The Morgan fingerprint density at radius 3 is 2.02 bits per heavy atom. The average molecular weight is 639 g/mol. The average Bonchev–Trinajstić information content (AvgIpc) is 3.71. The minimum Gasteiger partial charge on any atom is -1.00 e. The minimum absolute atomic E-state index is 0. The predicted molar refractivity (Wildman–Crippen MR) is 154 cm³/mol. The van der Waals surface area contributed by atoms with Crippen LogP contribution in [0.3, 0.4) is 0 Å². The molecule has 5 aromatic rings. The van der Waals surface area contributed by atoms with Crippen LogP contribution in [0.4, 0.5) is 0 Å². The van der Waals surface area contributed by atoms with Gasteiger partial charge in [0.1, 0.15) is 0 Å². The van der Waals surface area contributed by atoms with E-state index in [9.17, 15) is 0 Å². The third-order valence-electron chi connectivity index (χ3n) is 7.82. The molecule has 4 aromatic carbocycles. The van der Waals surface area contributed by atoms with Gasteiger partial charge in [0.05, 0.1) is 0 Å². The molecule has 0 amide bonds. The largest absolute Gasteiger partial charge is 1.00 e. The maximum absolute atomic E-state index is 5.85.